The zero-order valence-electron chi connectivity index (χ0n) is 23.6. The summed E-state index contributed by atoms with van der Waals surface area (Å²) in [6.45, 7) is 4.25. The molecule has 0 aliphatic carbocycles. The third kappa shape index (κ3) is 5.45. The fourth-order valence-electron chi connectivity index (χ4n) is 6.07. The van der Waals surface area contributed by atoms with E-state index in [0.29, 0.717) is 42.6 Å². The summed E-state index contributed by atoms with van der Waals surface area (Å²) in [6.07, 6.45) is 4.66. The standard InChI is InChI=1S/C33H31N5O5/c34-17-23-4-5-24(32-26(23)11-15-42-32)20-43-31-3-1-2-27(36-31)21-8-12-37(13-9-21)19-30-35-28-7-6-22(33(39)40)16-29(28)38(30)18-25-10-14-41-25/h1-7,11,15-16,21,25H,8-10,12-14,18-20H2,(H,39,40). The molecule has 2 aliphatic heterocycles. The number of aromatic nitrogens is 3. The molecule has 43 heavy (non-hydrogen) atoms. The van der Waals surface area contributed by atoms with E-state index in [1.165, 1.54) is 0 Å². The second-order valence-electron chi connectivity index (χ2n) is 11.2. The first kappa shape index (κ1) is 27.1. The Hall–Kier alpha value is -4.72. The number of carboxylic acid groups (broad SMARTS) is 1. The fraction of sp³-hybridized carbons (Fsp3) is 0.333. The van der Waals surface area contributed by atoms with Crippen LogP contribution in [-0.2, 0) is 24.4 Å². The number of nitrogens with zero attached hydrogens (tertiary/aromatic N) is 5. The van der Waals surface area contributed by atoms with Gasteiger partial charge in [-0.1, -0.05) is 12.1 Å². The normalized spacial score (nSPS) is 17.6. The molecule has 2 aliphatic rings. The minimum atomic E-state index is -0.940. The number of fused-ring (bicyclic) bond motifs is 2. The molecule has 2 fully saturated rings. The van der Waals surface area contributed by atoms with Crippen LogP contribution in [0.2, 0.25) is 0 Å². The van der Waals surface area contributed by atoms with Gasteiger partial charge in [0.2, 0.25) is 5.88 Å². The Morgan fingerprint density at radius 2 is 1.95 bits per heavy atom. The molecule has 0 saturated carbocycles. The molecule has 3 aromatic heterocycles. The number of piperidine rings is 1. The molecular formula is C33H31N5O5. The van der Waals surface area contributed by atoms with Crippen LogP contribution in [0.1, 0.15) is 58.2 Å². The number of carboxylic acids is 1. The predicted octanol–water partition coefficient (Wildman–Crippen LogP) is 5.49. The highest BCUT2D eigenvalue weighted by Crippen LogP contribution is 2.30. The molecule has 0 amide bonds. The van der Waals surface area contributed by atoms with E-state index in [1.54, 1.807) is 36.6 Å². The van der Waals surface area contributed by atoms with E-state index in [9.17, 15) is 15.2 Å². The van der Waals surface area contributed by atoms with Crippen LogP contribution in [0.5, 0.6) is 5.88 Å². The molecule has 0 radical (unpaired) electrons. The molecule has 218 valence electrons. The lowest BCUT2D eigenvalue weighted by Gasteiger charge is -2.32. The lowest BCUT2D eigenvalue weighted by Crippen LogP contribution is -2.35. The van der Waals surface area contributed by atoms with Crippen LogP contribution in [-0.4, -0.2) is 56.3 Å². The van der Waals surface area contributed by atoms with Crippen LogP contribution >= 0.6 is 0 Å². The summed E-state index contributed by atoms with van der Waals surface area (Å²) in [4.78, 5) is 23.8. The van der Waals surface area contributed by atoms with Gasteiger partial charge in [-0.2, -0.15) is 5.26 Å². The maximum atomic E-state index is 11.6. The number of likely N-dealkylation sites (tertiary alicyclic amines) is 1. The smallest absolute Gasteiger partial charge is 0.335 e. The highest BCUT2D eigenvalue weighted by atomic mass is 16.5. The number of aromatic carboxylic acids is 1. The Morgan fingerprint density at radius 1 is 1.09 bits per heavy atom. The van der Waals surface area contributed by atoms with Crippen LogP contribution in [0.3, 0.4) is 0 Å². The third-order valence-corrected chi connectivity index (χ3v) is 8.56. The average Bonchev–Trinajstić information content (AvgIpc) is 3.63. The number of benzene rings is 2. The van der Waals surface area contributed by atoms with Crippen molar-refractivity contribution in [1.82, 2.24) is 19.4 Å². The first-order chi connectivity index (χ1) is 21.1. The van der Waals surface area contributed by atoms with Crippen LogP contribution < -0.4 is 4.74 Å². The molecule has 5 heterocycles. The Bertz CT molecular complexity index is 1840. The monoisotopic (exact) mass is 577 g/mol. The van der Waals surface area contributed by atoms with Gasteiger partial charge in [-0.25, -0.2) is 14.8 Å². The fourth-order valence-corrected chi connectivity index (χ4v) is 6.07. The minimum Gasteiger partial charge on any atom is -0.478 e. The van der Waals surface area contributed by atoms with E-state index in [1.807, 2.05) is 18.2 Å². The maximum Gasteiger partial charge on any atom is 0.335 e. The first-order valence-corrected chi connectivity index (χ1v) is 14.6. The molecule has 1 unspecified atom stereocenters. The van der Waals surface area contributed by atoms with Crippen molar-refractivity contribution in [3.8, 4) is 11.9 Å². The van der Waals surface area contributed by atoms with E-state index in [2.05, 4.69) is 21.6 Å². The number of rotatable bonds is 9. The van der Waals surface area contributed by atoms with Crippen molar-refractivity contribution in [3.05, 3.63) is 89.1 Å². The third-order valence-electron chi connectivity index (χ3n) is 8.56. The van der Waals surface area contributed by atoms with Gasteiger partial charge in [0, 0.05) is 35.2 Å². The summed E-state index contributed by atoms with van der Waals surface area (Å²) in [6, 6.07) is 18.7. The van der Waals surface area contributed by atoms with Gasteiger partial charge < -0.3 is 23.6 Å². The van der Waals surface area contributed by atoms with Gasteiger partial charge in [-0.15, -0.1) is 0 Å². The zero-order chi connectivity index (χ0) is 29.3. The van der Waals surface area contributed by atoms with Crippen molar-refractivity contribution >= 4 is 28.0 Å². The average molecular weight is 578 g/mol. The molecule has 10 nitrogen and oxygen atoms in total. The molecular weight excluding hydrogens is 546 g/mol. The van der Waals surface area contributed by atoms with Gasteiger partial charge in [0.05, 0.1) is 53.7 Å². The van der Waals surface area contributed by atoms with Crippen molar-refractivity contribution in [3.63, 3.8) is 0 Å². The van der Waals surface area contributed by atoms with Crippen LogP contribution in [0.4, 0.5) is 0 Å². The summed E-state index contributed by atoms with van der Waals surface area (Å²) >= 11 is 0. The number of pyridine rings is 1. The topological polar surface area (TPSA) is 127 Å². The Kier molecular flexibility index (Phi) is 7.27. The SMILES string of the molecule is N#Cc1ccc(COc2cccc(C3CCN(Cc4nc5ccc(C(=O)O)cc5n4CC4CCO4)CC3)n2)c2occc12. The molecule has 2 aromatic carbocycles. The van der Waals surface area contributed by atoms with Crippen molar-refractivity contribution in [2.75, 3.05) is 19.7 Å². The zero-order valence-corrected chi connectivity index (χ0v) is 23.6. The Morgan fingerprint density at radius 3 is 2.72 bits per heavy atom. The molecule has 10 heteroatoms. The second kappa shape index (κ2) is 11.5. The summed E-state index contributed by atoms with van der Waals surface area (Å²) in [5.74, 6) is 0.891. The Balaban J connectivity index is 1.01. The molecule has 0 bridgehead atoms. The number of ether oxygens (including phenoxy) is 2. The Labute approximate surface area is 248 Å². The van der Waals surface area contributed by atoms with Crippen molar-refractivity contribution < 1.29 is 23.8 Å². The highest BCUT2D eigenvalue weighted by molar-refractivity contribution is 5.92. The molecule has 2 saturated heterocycles. The molecule has 5 aromatic rings. The van der Waals surface area contributed by atoms with Crippen LogP contribution in [0, 0.1) is 11.3 Å². The first-order valence-electron chi connectivity index (χ1n) is 14.6. The van der Waals surface area contributed by atoms with Crippen LogP contribution in [0.25, 0.3) is 22.0 Å². The molecule has 1 atom stereocenters. The van der Waals surface area contributed by atoms with Gasteiger partial charge in [0.25, 0.3) is 0 Å². The van der Waals surface area contributed by atoms with E-state index < -0.39 is 5.97 Å². The lowest BCUT2D eigenvalue weighted by molar-refractivity contribution is -0.0592. The van der Waals surface area contributed by atoms with E-state index in [4.69, 9.17) is 23.9 Å². The van der Waals surface area contributed by atoms with Crippen molar-refractivity contribution in [2.24, 2.45) is 0 Å². The van der Waals surface area contributed by atoms with E-state index in [-0.39, 0.29) is 11.7 Å². The van der Waals surface area contributed by atoms with Gasteiger partial charge in [0.15, 0.2) is 0 Å². The number of furan rings is 1. The largest absolute Gasteiger partial charge is 0.478 e. The van der Waals surface area contributed by atoms with Gasteiger partial charge in [-0.05, 0) is 68.8 Å². The molecule has 7 rings (SSSR count). The predicted molar refractivity (Wildman–Crippen MR) is 158 cm³/mol. The van der Waals surface area contributed by atoms with Crippen LogP contribution in [0.15, 0.2) is 65.3 Å². The van der Waals surface area contributed by atoms with Crippen molar-refractivity contribution in [1.29, 1.82) is 5.26 Å². The highest BCUT2D eigenvalue weighted by Gasteiger charge is 2.26. The van der Waals surface area contributed by atoms with Crippen molar-refractivity contribution in [2.45, 2.75) is 51.0 Å². The number of carbonyl (C=O) groups is 1. The number of imidazole rings is 1. The van der Waals surface area contributed by atoms with Gasteiger partial charge in [0.1, 0.15) is 18.0 Å². The van der Waals surface area contributed by atoms with E-state index in [0.717, 1.165) is 72.5 Å². The maximum absolute atomic E-state index is 11.6. The van der Waals surface area contributed by atoms with Gasteiger partial charge in [-0.3, -0.25) is 4.90 Å². The summed E-state index contributed by atoms with van der Waals surface area (Å²) in [7, 11) is 0. The van der Waals surface area contributed by atoms with E-state index >= 15 is 0 Å². The lowest BCUT2D eigenvalue weighted by atomic mass is 9.93. The molecule has 0 spiro atoms. The molecule has 1 N–H and O–H groups in total. The quantitative estimate of drug-likeness (QED) is 0.242. The summed E-state index contributed by atoms with van der Waals surface area (Å²) in [5, 5.41) is 19.7. The number of hydrogen-bond acceptors (Lipinski definition) is 8. The number of hydrogen-bond donors (Lipinski definition) is 1. The van der Waals surface area contributed by atoms with Gasteiger partial charge >= 0.3 is 5.97 Å². The number of nitriles is 1. The second-order valence-corrected chi connectivity index (χ2v) is 11.2. The summed E-state index contributed by atoms with van der Waals surface area (Å²) in [5.41, 5.74) is 5.05. The minimum absolute atomic E-state index is 0.137. The summed E-state index contributed by atoms with van der Waals surface area (Å²) < 4.78 is 19.5.